The van der Waals surface area contributed by atoms with Gasteiger partial charge in [0.05, 0.1) is 6.61 Å². The second-order valence-corrected chi connectivity index (χ2v) is 11.9. The minimum Gasteiger partial charge on any atom is -0.494 e. The van der Waals surface area contributed by atoms with Crippen molar-refractivity contribution in [3.63, 3.8) is 0 Å². The van der Waals surface area contributed by atoms with Crippen molar-refractivity contribution in [2.24, 2.45) is 11.7 Å². The van der Waals surface area contributed by atoms with Crippen LogP contribution >= 0.6 is 0 Å². The molecule has 9 heteroatoms. The Morgan fingerprint density at radius 1 is 1.05 bits per heavy atom. The standard InChI is InChI=1S/C32H43N3O6/c1-32(2,3)41-29(36)14-13-28(30(33)37)35-22-24-20-26(11-12-27(24)31(35)38)39-18-15-23-8-7-16-34(21-23)17-19-40-25-9-5-4-6-10-25/h4-6,9-12,20,23,28H,7-8,13-19,21-22H2,1-3H3,(H2,33,37)/t23?,28-/m0/s1. The molecule has 2 aliphatic heterocycles. The molecule has 1 fully saturated rings. The quantitative estimate of drug-likeness (QED) is 0.363. The number of hydrogen-bond acceptors (Lipinski definition) is 7. The number of ether oxygens (including phenoxy) is 3. The number of benzene rings is 2. The van der Waals surface area contributed by atoms with E-state index in [1.165, 1.54) is 17.7 Å². The first-order valence-corrected chi connectivity index (χ1v) is 14.6. The molecule has 2 amide bonds. The van der Waals surface area contributed by atoms with E-state index in [9.17, 15) is 14.4 Å². The minimum absolute atomic E-state index is 0.00198. The number of carbonyl (C=O) groups excluding carboxylic acids is 3. The third-order valence-corrected chi connectivity index (χ3v) is 7.47. The molecule has 1 saturated heterocycles. The Hall–Kier alpha value is -3.59. The number of esters is 1. The van der Waals surface area contributed by atoms with Gasteiger partial charge in [0, 0.05) is 31.6 Å². The van der Waals surface area contributed by atoms with E-state index in [4.69, 9.17) is 19.9 Å². The molecular formula is C32H43N3O6. The van der Waals surface area contributed by atoms with Gasteiger partial charge < -0.3 is 24.8 Å². The molecule has 0 aliphatic carbocycles. The number of para-hydroxylation sites is 1. The molecule has 0 spiro atoms. The highest BCUT2D eigenvalue weighted by atomic mass is 16.6. The van der Waals surface area contributed by atoms with Crippen LogP contribution in [0.1, 0.15) is 68.8 Å². The highest BCUT2D eigenvalue weighted by Crippen LogP contribution is 2.30. The number of nitrogens with two attached hydrogens (primary N) is 1. The summed E-state index contributed by atoms with van der Waals surface area (Å²) >= 11 is 0. The molecule has 0 bridgehead atoms. The van der Waals surface area contributed by atoms with Crippen LogP contribution < -0.4 is 15.2 Å². The Labute approximate surface area is 242 Å². The number of nitrogens with zero attached hydrogens (tertiary/aromatic N) is 2. The number of primary amides is 1. The largest absolute Gasteiger partial charge is 0.494 e. The normalized spacial score (nSPS) is 18.1. The van der Waals surface area contributed by atoms with Crippen molar-refractivity contribution in [3.05, 3.63) is 59.7 Å². The maximum absolute atomic E-state index is 13.1. The number of carbonyl (C=O) groups is 3. The predicted molar refractivity (Wildman–Crippen MR) is 156 cm³/mol. The Kier molecular flexibility index (Phi) is 10.3. The van der Waals surface area contributed by atoms with Crippen LogP contribution in [0.15, 0.2) is 48.5 Å². The number of fused-ring (bicyclic) bond motifs is 1. The minimum atomic E-state index is -0.890. The highest BCUT2D eigenvalue weighted by molar-refractivity contribution is 6.01. The summed E-state index contributed by atoms with van der Waals surface area (Å²) in [6.07, 6.45) is 3.42. The summed E-state index contributed by atoms with van der Waals surface area (Å²) in [4.78, 5) is 41.4. The average Bonchev–Trinajstić information content (AvgIpc) is 3.23. The molecular weight excluding hydrogens is 522 g/mol. The maximum atomic E-state index is 13.1. The van der Waals surface area contributed by atoms with E-state index in [0.29, 0.717) is 30.4 Å². The summed E-state index contributed by atoms with van der Waals surface area (Å²) in [5, 5.41) is 0. The lowest BCUT2D eigenvalue weighted by Gasteiger charge is -2.32. The molecule has 2 atom stereocenters. The second-order valence-electron chi connectivity index (χ2n) is 11.9. The van der Waals surface area contributed by atoms with Crippen molar-refractivity contribution < 1.29 is 28.6 Å². The Morgan fingerprint density at radius 2 is 1.80 bits per heavy atom. The van der Waals surface area contributed by atoms with Crippen molar-refractivity contribution in [2.45, 2.75) is 71.1 Å². The molecule has 2 aromatic carbocycles. The maximum Gasteiger partial charge on any atom is 0.306 e. The van der Waals surface area contributed by atoms with Crippen LogP contribution in [0.25, 0.3) is 0 Å². The lowest BCUT2D eigenvalue weighted by atomic mass is 9.95. The summed E-state index contributed by atoms with van der Waals surface area (Å²) < 4.78 is 17.3. The van der Waals surface area contributed by atoms with Crippen molar-refractivity contribution in [1.82, 2.24) is 9.80 Å². The van der Waals surface area contributed by atoms with Crippen molar-refractivity contribution in [2.75, 3.05) is 32.8 Å². The first kappa shape index (κ1) is 30.4. The molecule has 9 nitrogen and oxygen atoms in total. The fourth-order valence-electron chi connectivity index (χ4n) is 5.50. The summed E-state index contributed by atoms with van der Waals surface area (Å²) in [6.45, 7) is 9.90. The van der Waals surface area contributed by atoms with Crippen LogP contribution in [0.4, 0.5) is 0 Å². The van der Waals surface area contributed by atoms with Gasteiger partial charge in [-0.2, -0.15) is 0 Å². The molecule has 1 unspecified atom stereocenters. The molecule has 0 saturated carbocycles. The van der Waals surface area contributed by atoms with Crippen LogP contribution in [0.2, 0.25) is 0 Å². The van der Waals surface area contributed by atoms with Crippen LogP contribution in [0.5, 0.6) is 11.5 Å². The Morgan fingerprint density at radius 3 is 2.54 bits per heavy atom. The average molecular weight is 566 g/mol. The van der Waals surface area contributed by atoms with Gasteiger partial charge in [-0.3, -0.25) is 19.3 Å². The van der Waals surface area contributed by atoms with Crippen molar-refractivity contribution in [1.29, 1.82) is 0 Å². The molecule has 0 aromatic heterocycles. The number of hydrogen-bond donors (Lipinski definition) is 1. The van der Waals surface area contributed by atoms with Gasteiger partial charge in [0.25, 0.3) is 5.91 Å². The van der Waals surface area contributed by atoms with E-state index in [1.54, 1.807) is 32.9 Å². The molecule has 2 aromatic rings. The zero-order chi connectivity index (χ0) is 29.4. The third-order valence-electron chi connectivity index (χ3n) is 7.47. The summed E-state index contributed by atoms with van der Waals surface area (Å²) in [5.74, 6) is 0.835. The summed E-state index contributed by atoms with van der Waals surface area (Å²) in [6, 6.07) is 14.4. The van der Waals surface area contributed by atoms with Crippen LogP contribution in [-0.4, -0.2) is 72.1 Å². The molecule has 2 aliphatic rings. The molecule has 4 rings (SSSR count). The molecule has 2 heterocycles. The van der Waals surface area contributed by atoms with E-state index < -0.39 is 23.5 Å². The van der Waals surface area contributed by atoms with Crippen LogP contribution in [-0.2, 0) is 20.9 Å². The zero-order valence-corrected chi connectivity index (χ0v) is 24.5. The fourth-order valence-corrected chi connectivity index (χ4v) is 5.50. The molecule has 41 heavy (non-hydrogen) atoms. The predicted octanol–water partition coefficient (Wildman–Crippen LogP) is 4.18. The van der Waals surface area contributed by atoms with Gasteiger partial charge in [-0.1, -0.05) is 18.2 Å². The SMILES string of the molecule is CC(C)(C)OC(=O)CC[C@@H](C(N)=O)N1Cc2cc(OCCC3CCCN(CCOc4ccccc4)C3)ccc2C1=O. The van der Waals surface area contributed by atoms with Gasteiger partial charge in [-0.25, -0.2) is 0 Å². The number of rotatable bonds is 13. The second kappa shape index (κ2) is 13.9. The first-order valence-electron chi connectivity index (χ1n) is 14.6. The van der Waals surface area contributed by atoms with E-state index in [-0.39, 0.29) is 25.3 Å². The van der Waals surface area contributed by atoms with Gasteiger partial charge in [0.2, 0.25) is 5.91 Å². The van der Waals surface area contributed by atoms with E-state index in [1.807, 2.05) is 36.4 Å². The van der Waals surface area contributed by atoms with E-state index in [0.717, 1.165) is 37.4 Å². The monoisotopic (exact) mass is 565 g/mol. The van der Waals surface area contributed by atoms with Crippen LogP contribution in [0, 0.1) is 5.92 Å². The topological polar surface area (TPSA) is 111 Å². The van der Waals surface area contributed by atoms with Gasteiger partial charge in [-0.05, 0) is 94.8 Å². The molecule has 0 radical (unpaired) electrons. The fraction of sp³-hybridized carbons (Fsp3) is 0.531. The van der Waals surface area contributed by atoms with Gasteiger partial charge in [-0.15, -0.1) is 0 Å². The van der Waals surface area contributed by atoms with Crippen LogP contribution in [0.3, 0.4) is 0 Å². The summed E-state index contributed by atoms with van der Waals surface area (Å²) in [5.41, 5.74) is 6.33. The van der Waals surface area contributed by atoms with Crippen molar-refractivity contribution >= 4 is 17.8 Å². The van der Waals surface area contributed by atoms with Crippen molar-refractivity contribution in [3.8, 4) is 11.5 Å². The Balaban J connectivity index is 1.23. The summed E-state index contributed by atoms with van der Waals surface area (Å²) in [7, 11) is 0. The van der Waals surface area contributed by atoms with E-state index in [2.05, 4.69) is 4.90 Å². The van der Waals surface area contributed by atoms with E-state index >= 15 is 0 Å². The number of amides is 2. The molecule has 2 N–H and O–H groups in total. The number of likely N-dealkylation sites (tertiary alicyclic amines) is 1. The Bertz CT molecular complexity index is 1200. The van der Waals surface area contributed by atoms with Gasteiger partial charge in [0.1, 0.15) is 29.7 Å². The third kappa shape index (κ3) is 8.95. The lowest BCUT2D eigenvalue weighted by molar-refractivity contribution is -0.155. The van der Waals surface area contributed by atoms with Gasteiger partial charge in [0.15, 0.2) is 0 Å². The zero-order valence-electron chi connectivity index (χ0n) is 24.5. The highest BCUT2D eigenvalue weighted by Gasteiger charge is 2.36. The first-order chi connectivity index (χ1) is 19.6. The van der Waals surface area contributed by atoms with Gasteiger partial charge >= 0.3 is 5.97 Å². The lowest BCUT2D eigenvalue weighted by Crippen LogP contribution is -2.45. The molecule has 222 valence electrons. The smallest absolute Gasteiger partial charge is 0.306 e. The number of piperidine rings is 1.